The van der Waals surface area contributed by atoms with Crippen LogP contribution in [0.15, 0.2) is 5.11 Å². The first-order valence-electron chi connectivity index (χ1n) is 7.00. The van der Waals surface area contributed by atoms with Gasteiger partial charge in [-0.05, 0) is 5.53 Å². The summed E-state index contributed by atoms with van der Waals surface area (Å²) < 4.78 is 25.8. The second-order valence-corrected chi connectivity index (χ2v) is 4.92. The third-order valence-electron chi connectivity index (χ3n) is 3.09. The second kappa shape index (κ2) is 9.06. The van der Waals surface area contributed by atoms with E-state index >= 15 is 0 Å². The highest BCUT2D eigenvalue weighted by Gasteiger charge is 2.50. The van der Waals surface area contributed by atoms with Crippen molar-refractivity contribution in [2.24, 2.45) is 5.11 Å². The molecule has 0 aromatic carbocycles. The SMILES string of the molecule is CO[C@@H]1O[C@H](COC(C)=O)[C@@H](OC(C)=O)[C@H](OC(C)=O)[C@H]1N=[N+]=[N-]. The van der Waals surface area contributed by atoms with E-state index in [0.29, 0.717) is 0 Å². The minimum Gasteiger partial charge on any atom is -0.463 e. The van der Waals surface area contributed by atoms with Gasteiger partial charge in [-0.2, -0.15) is 0 Å². The molecule has 134 valence electrons. The summed E-state index contributed by atoms with van der Waals surface area (Å²) in [6.45, 7) is 3.23. The average molecular weight is 345 g/mol. The van der Waals surface area contributed by atoms with Gasteiger partial charge in [0.05, 0.1) is 0 Å². The molecule has 5 atom stereocenters. The number of azide groups is 1. The number of hydrogen-bond acceptors (Lipinski definition) is 9. The van der Waals surface area contributed by atoms with Crippen molar-refractivity contribution in [3.63, 3.8) is 0 Å². The van der Waals surface area contributed by atoms with Crippen LogP contribution in [0.2, 0.25) is 0 Å². The molecule has 0 saturated carbocycles. The van der Waals surface area contributed by atoms with Crippen molar-refractivity contribution in [1.29, 1.82) is 0 Å². The fourth-order valence-electron chi connectivity index (χ4n) is 2.26. The van der Waals surface area contributed by atoms with Crippen molar-refractivity contribution < 1.29 is 38.1 Å². The maximum Gasteiger partial charge on any atom is 0.303 e. The number of methoxy groups -OCH3 is 1. The lowest BCUT2D eigenvalue weighted by molar-refractivity contribution is -0.267. The van der Waals surface area contributed by atoms with Crippen molar-refractivity contribution in [2.75, 3.05) is 13.7 Å². The topological polar surface area (TPSA) is 146 Å². The minimum absolute atomic E-state index is 0.270. The molecular formula is C13H19N3O8. The third kappa shape index (κ3) is 5.37. The largest absolute Gasteiger partial charge is 0.463 e. The zero-order chi connectivity index (χ0) is 18.3. The van der Waals surface area contributed by atoms with E-state index in [1.165, 1.54) is 14.0 Å². The molecule has 0 spiro atoms. The summed E-state index contributed by atoms with van der Waals surface area (Å²) in [5.41, 5.74) is 8.72. The Balaban J connectivity index is 3.18. The zero-order valence-corrected chi connectivity index (χ0v) is 13.7. The van der Waals surface area contributed by atoms with Gasteiger partial charge in [0.1, 0.15) is 18.8 Å². The van der Waals surface area contributed by atoms with E-state index in [0.717, 1.165) is 13.8 Å². The molecule has 1 saturated heterocycles. The predicted octanol–water partition coefficient (Wildman–Crippen LogP) is 0.463. The standard InChI is InChI=1S/C13H19N3O8/c1-6(17)21-5-9-11(22-7(2)18)12(23-8(3)19)10(15-16-14)13(20-4)24-9/h9-13H,5H2,1-4H3/t9-,10-,11-,12-,13-/m1/s1. The van der Waals surface area contributed by atoms with Crippen LogP contribution in [0.3, 0.4) is 0 Å². The summed E-state index contributed by atoms with van der Waals surface area (Å²) in [7, 11) is 1.30. The van der Waals surface area contributed by atoms with Crippen LogP contribution in [-0.2, 0) is 38.1 Å². The molecule has 0 aromatic heterocycles. The second-order valence-electron chi connectivity index (χ2n) is 4.92. The Morgan fingerprint density at radius 1 is 1.08 bits per heavy atom. The molecule has 1 heterocycles. The molecule has 11 heteroatoms. The normalized spacial score (nSPS) is 29.1. The third-order valence-corrected chi connectivity index (χ3v) is 3.09. The summed E-state index contributed by atoms with van der Waals surface area (Å²) in [6, 6.07) is -1.10. The molecule has 0 aromatic rings. The van der Waals surface area contributed by atoms with Crippen molar-refractivity contribution >= 4 is 17.9 Å². The maximum absolute atomic E-state index is 11.4. The summed E-state index contributed by atoms with van der Waals surface area (Å²) in [5, 5.41) is 3.51. The van der Waals surface area contributed by atoms with Gasteiger partial charge in [0, 0.05) is 32.8 Å². The monoisotopic (exact) mass is 345 g/mol. The molecule has 0 N–H and O–H groups in total. The minimum atomic E-state index is -1.17. The van der Waals surface area contributed by atoms with E-state index in [9.17, 15) is 14.4 Å². The molecule has 1 fully saturated rings. The average Bonchev–Trinajstić information content (AvgIpc) is 2.48. The molecule has 11 nitrogen and oxygen atoms in total. The summed E-state index contributed by atoms with van der Waals surface area (Å²) in [6.07, 6.45) is -4.37. The lowest BCUT2D eigenvalue weighted by Crippen LogP contribution is -2.61. The highest BCUT2D eigenvalue weighted by molar-refractivity contribution is 5.68. The number of nitrogens with zero attached hydrogens (tertiary/aromatic N) is 3. The van der Waals surface area contributed by atoms with Gasteiger partial charge in [0.25, 0.3) is 0 Å². The van der Waals surface area contributed by atoms with Crippen LogP contribution < -0.4 is 0 Å². The smallest absolute Gasteiger partial charge is 0.303 e. The first kappa shape index (κ1) is 19.7. The number of carbonyl (C=O) groups excluding carboxylic acids is 3. The van der Waals surface area contributed by atoms with Gasteiger partial charge >= 0.3 is 17.9 Å². The Kier molecular flexibility index (Phi) is 7.43. The molecule has 1 aliphatic heterocycles. The highest BCUT2D eigenvalue weighted by Crippen LogP contribution is 2.29. The van der Waals surface area contributed by atoms with Crippen molar-refractivity contribution in [1.82, 2.24) is 0 Å². The van der Waals surface area contributed by atoms with Crippen LogP contribution in [0, 0.1) is 0 Å². The van der Waals surface area contributed by atoms with Gasteiger partial charge in [0.15, 0.2) is 18.5 Å². The molecule has 0 radical (unpaired) electrons. The fourth-order valence-corrected chi connectivity index (χ4v) is 2.26. The molecule has 1 aliphatic rings. The van der Waals surface area contributed by atoms with Gasteiger partial charge in [-0.3, -0.25) is 14.4 Å². The van der Waals surface area contributed by atoms with E-state index in [-0.39, 0.29) is 6.61 Å². The van der Waals surface area contributed by atoms with E-state index in [2.05, 4.69) is 10.0 Å². The van der Waals surface area contributed by atoms with Gasteiger partial charge in [-0.25, -0.2) is 0 Å². The lowest BCUT2D eigenvalue weighted by atomic mass is 9.97. The zero-order valence-electron chi connectivity index (χ0n) is 13.7. The number of rotatable bonds is 6. The first-order chi connectivity index (χ1) is 11.3. The van der Waals surface area contributed by atoms with E-state index < -0.39 is 48.6 Å². The van der Waals surface area contributed by atoms with Gasteiger partial charge in [-0.1, -0.05) is 5.11 Å². The van der Waals surface area contributed by atoms with Crippen molar-refractivity contribution in [2.45, 2.75) is 51.4 Å². The van der Waals surface area contributed by atoms with Crippen LogP contribution in [0.1, 0.15) is 20.8 Å². The van der Waals surface area contributed by atoms with E-state index in [1.54, 1.807) is 0 Å². The van der Waals surface area contributed by atoms with Crippen molar-refractivity contribution in [3.8, 4) is 0 Å². The van der Waals surface area contributed by atoms with Crippen LogP contribution in [-0.4, -0.2) is 62.3 Å². The lowest BCUT2D eigenvalue weighted by Gasteiger charge is -2.42. The number of ether oxygens (including phenoxy) is 5. The van der Waals surface area contributed by atoms with Crippen LogP contribution >= 0.6 is 0 Å². The fraction of sp³-hybridized carbons (Fsp3) is 0.769. The summed E-state index contributed by atoms with van der Waals surface area (Å²) in [5.74, 6) is -1.93. The number of carbonyl (C=O) groups is 3. The molecule has 24 heavy (non-hydrogen) atoms. The Hall–Kier alpha value is -2.36. The molecule has 0 amide bonds. The van der Waals surface area contributed by atoms with Crippen LogP contribution in [0.5, 0.6) is 0 Å². The van der Waals surface area contributed by atoms with E-state index in [4.69, 9.17) is 29.2 Å². The quantitative estimate of drug-likeness (QED) is 0.222. The molecule has 0 bridgehead atoms. The number of esters is 3. The molecule has 0 unspecified atom stereocenters. The molecule has 1 rings (SSSR count). The Morgan fingerprint density at radius 2 is 1.67 bits per heavy atom. The van der Waals surface area contributed by atoms with Crippen molar-refractivity contribution in [3.05, 3.63) is 10.4 Å². The first-order valence-corrected chi connectivity index (χ1v) is 7.00. The van der Waals surface area contributed by atoms with Crippen LogP contribution in [0.4, 0.5) is 0 Å². The highest BCUT2D eigenvalue weighted by atomic mass is 16.7. The van der Waals surface area contributed by atoms with Gasteiger partial charge in [0.2, 0.25) is 0 Å². The molecular weight excluding hydrogens is 326 g/mol. The van der Waals surface area contributed by atoms with E-state index in [1.807, 2.05) is 0 Å². The Bertz CT molecular complexity index is 533. The summed E-state index contributed by atoms with van der Waals surface area (Å²) >= 11 is 0. The van der Waals surface area contributed by atoms with Gasteiger partial charge in [-0.15, -0.1) is 0 Å². The van der Waals surface area contributed by atoms with Crippen LogP contribution in [0.25, 0.3) is 10.4 Å². The van der Waals surface area contributed by atoms with Gasteiger partial charge < -0.3 is 23.7 Å². The Labute approximate surface area is 137 Å². The predicted molar refractivity (Wildman–Crippen MR) is 76.3 cm³/mol. The number of hydrogen-bond donors (Lipinski definition) is 0. The Morgan fingerprint density at radius 3 is 2.12 bits per heavy atom. The maximum atomic E-state index is 11.4. The molecule has 0 aliphatic carbocycles. The summed E-state index contributed by atoms with van der Waals surface area (Å²) in [4.78, 5) is 36.5.